The molecule has 0 aromatic heterocycles. The molecule has 5 heteroatoms. The van der Waals surface area contributed by atoms with Crippen molar-refractivity contribution < 1.29 is 4.74 Å². The lowest BCUT2D eigenvalue weighted by Crippen LogP contribution is -2.23. The van der Waals surface area contributed by atoms with Crippen molar-refractivity contribution in [2.75, 3.05) is 5.32 Å². The van der Waals surface area contributed by atoms with E-state index in [0.29, 0.717) is 11.7 Å². The van der Waals surface area contributed by atoms with Crippen LogP contribution in [-0.2, 0) is 6.61 Å². The quantitative estimate of drug-likeness (QED) is 0.366. The van der Waals surface area contributed by atoms with Crippen molar-refractivity contribution in [3.8, 4) is 5.75 Å². The van der Waals surface area contributed by atoms with Crippen LogP contribution in [0.25, 0.3) is 0 Å². The van der Waals surface area contributed by atoms with E-state index in [4.69, 9.17) is 17.0 Å². The molecule has 0 amide bonds. The highest BCUT2D eigenvalue weighted by Gasteiger charge is 1.98. The van der Waals surface area contributed by atoms with Crippen LogP contribution in [0, 0.1) is 6.92 Å². The fourth-order valence-electron chi connectivity index (χ4n) is 2.46. The number of anilines is 1. The van der Waals surface area contributed by atoms with Crippen molar-refractivity contribution in [1.82, 2.24) is 5.43 Å². The number of hydrazone groups is 1. The lowest BCUT2D eigenvalue weighted by molar-refractivity contribution is 0.306. The maximum absolute atomic E-state index is 5.82. The number of hydrogen-bond acceptors (Lipinski definition) is 3. The molecule has 3 rings (SSSR count). The molecule has 0 atom stereocenters. The van der Waals surface area contributed by atoms with Gasteiger partial charge in [-0.3, -0.25) is 5.43 Å². The third kappa shape index (κ3) is 6.24. The average Bonchev–Trinajstić information content (AvgIpc) is 2.68. The first kappa shape index (κ1) is 18.6. The number of ether oxygens (including phenoxy) is 1. The molecule has 0 aliphatic rings. The van der Waals surface area contributed by atoms with Gasteiger partial charge in [-0.2, -0.15) is 5.10 Å². The van der Waals surface area contributed by atoms with Gasteiger partial charge in [0.25, 0.3) is 0 Å². The van der Waals surface area contributed by atoms with Crippen LogP contribution in [0.4, 0.5) is 5.69 Å². The highest BCUT2D eigenvalue weighted by Crippen LogP contribution is 2.14. The Labute approximate surface area is 164 Å². The number of nitrogens with one attached hydrogen (secondary N) is 2. The molecule has 0 spiro atoms. The van der Waals surface area contributed by atoms with Gasteiger partial charge in [-0.15, -0.1) is 0 Å². The second kappa shape index (κ2) is 9.50. The predicted octanol–water partition coefficient (Wildman–Crippen LogP) is 4.89. The molecule has 4 nitrogen and oxygen atoms in total. The minimum Gasteiger partial charge on any atom is -0.489 e. The molecule has 0 bridgehead atoms. The molecule has 0 fully saturated rings. The molecule has 27 heavy (non-hydrogen) atoms. The Bertz CT molecular complexity index is 908. The summed E-state index contributed by atoms with van der Waals surface area (Å²) in [7, 11) is 0. The van der Waals surface area contributed by atoms with Gasteiger partial charge < -0.3 is 10.1 Å². The number of hydrogen-bond donors (Lipinski definition) is 2. The monoisotopic (exact) mass is 375 g/mol. The van der Waals surface area contributed by atoms with Gasteiger partial charge >= 0.3 is 0 Å². The number of rotatable bonds is 6. The number of thiocarbonyl (C=S) groups is 1. The van der Waals surface area contributed by atoms with Crippen LogP contribution >= 0.6 is 12.2 Å². The van der Waals surface area contributed by atoms with Crippen LogP contribution in [0.5, 0.6) is 5.75 Å². The Morgan fingerprint density at radius 1 is 1.00 bits per heavy atom. The summed E-state index contributed by atoms with van der Waals surface area (Å²) in [6.07, 6.45) is 1.71. The smallest absolute Gasteiger partial charge is 0.191 e. The van der Waals surface area contributed by atoms with E-state index in [1.165, 1.54) is 5.56 Å². The summed E-state index contributed by atoms with van der Waals surface area (Å²) in [5.74, 6) is 0.822. The van der Waals surface area contributed by atoms with Gasteiger partial charge in [0.05, 0.1) is 6.21 Å². The molecular weight excluding hydrogens is 354 g/mol. The molecule has 136 valence electrons. The Kier molecular flexibility index (Phi) is 6.55. The summed E-state index contributed by atoms with van der Waals surface area (Å²) >= 11 is 5.21. The van der Waals surface area contributed by atoms with Crippen molar-refractivity contribution in [3.63, 3.8) is 0 Å². The summed E-state index contributed by atoms with van der Waals surface area (Å²) in [6, 6.07) is 25.8. The molecule has 0 heterocycles. The number of aryl methyl sites for hydroxylation is 1. The highest BCUT2D eigenvalue weighted by atomic mass is 32.1. The van der Waals surface area contributed by atoms with E-state index in [-0.39, 0.29) is 0 Å². The van der Waals surface area contributed by atoms with Gasteiger partial charge in [0.15, 0.2) is 5.11 Å². The zero-order valence-corrected chi connectivity index (χ0v) is 15.9. The fraction of sp³-hybridized carbons (Fsp3) is 0.0909. The second-order valence-corrected chi connectivity index (χ2v) is 6.45. The van der Waals surface area contributed by atoms with Crippen molar-refractivity contribution in [3.05, 3.63) is 95.6 Å². The average molecular weight is 375 g/mol. The van der Waals surface area contributed by atoms with Gasteiger partial charge in [-0.1, -0.05) is 48.0 Å². The van der Waals surface area contributed by atoms with Crippen molar-refractivity contribution in [2.24, 2.45) is 5.10 Å². The molecule has 0 aliphatic carbocycles. The standard InChI is InChI=1S/C22H21N3OS/c1-17-6-5-7-19(14-17)16-26-21-12-10-18(11-13-21)15-23-25-22(27)24-20-8-3-2-4-9-20/h2-15H,16H2,1H3,(H2,24,25,27)/b23-15-. The molecule has 0 aliphatic heterocycles. The van der Waals surface area contributed by atoms with Gasteiger partial charge in [0.1, 0.15) is 12.4 Å². The highest BCUT2D eigenvalue weighted by molar-refractivity contribution is 7.80. The molecule has 3 aromatic carbocycles. The lowest BCUT2D eigenvalue weighted by atomic mass is 10.1. The summed E-state index contributed by atoms with van der Waals surface area (Å²) in [5, 5.41) is 7.65. The first-order valence-electron chi connectivity index (χ1n) is 8.62. The number of nitrogens with zero attached hydrogens (tertiary/aromatic N) is 1. The largest absolute Gasteiger partial charge is 0.489 e. The van der Waals surface area contributed by atoms with Gasteiger partial charge in [-0.25, -0.2) is 0 Å². The fourth-order valence-corrected chi connectivity index (χ4v) is 2.64. The first-order chi connectivity index (χ1) is 13.2. The summed E-state index contributed by atoms with van der Waals surface area (Å²) < 4.78 is 5.82. The minimum atomic E-state index is 0.440. The van der Waals surface area contributed by atoms with Crippen LogP contribution in [0.3, 0.4) is 0 Å². The molecule has 2 N–H and O–H groups in total. The van der Waals surface area contributed by atoms with E-state index in [2.05, 4.69) is 41.0 Å². The van der Waals surface area contributed by atoms with E-state index in [1.807, 2.05) is 60.7 Å². The molecule has 0 saturated heterocycles. The Morgan fingerprint density at radius 3 is 2.52 bits per heavy atom. The van der Waals surface area contributed by atoms with Gasteiger partial charge in [0, 0.05) is 5.69 Å². The third-order valence-electron chi connectivity index (χ3n) is 3.78. The maximum atomic E-state index is 5.82. The van der Waals surface area contributed by atoms with Crippen LogP contribution in [0.1, 0.15) is 16.7 Å². The van der Waals surface area contributed by atoms with Crippen molar-refractivity contribution >= 4 is 29.2 Å². The molecule has 0 saturated carbocycles. The zero-order chi connectivity index (χ0) is 18.9. The summed E-state index contributed by atoms with van der Waals surface area (Å²) in [4.78, 5) is 0. The Balaban J connectivity index is 1.47. The zero-order valence-electron chi connectivity index (χ0n) is 15.1. The van der Waals surface area contributed by atoms with E-state index >= 15 is 0 Å². The van der Waals surface area contributed by atoms with Crippen LogP contribution in [-0.4, -0.2) is 11.3 Å². The van der Waals surface area contributed by atoms with E-state index in [0.717, 1.165) is 22.6 Å². The normalized spacial score (nSPS) is 10.6. The van der Waals surface area contributed by atoms with Crippen LogP contribution < -0.4 is 15.5 Å². The molecule has 0 radical (unpaired) electrons. The topological polar surface area (TPSA) is 45.6 Å². The molecule has 0 unspecified atom stereocenters. The van der Waals surface area contributed by atoms with Crippen molar-refractivity contribution in [1.29, 1.82) is 0 Å². The second-order valence-electron chi connectivity index (χ2n) is 6.04. The first-order valence-corrected chi connectivity index (χ1v) is 9.03. The minimum absolute atomic E-state index is 0.440. The Hall–Kier alpha value is -3.18. The molecule has 3 aromatic rings. The van der Waals surface area contributed by atoms with E-state index in [9.17, 15) is 0 Å². The third-order valence-corrected chi connectivity index (χ3v) is 3.97. The summed E-state index contributed by atoms with van der Waals surface area (Å²) in [5.41, 5.74) is 7.06. The van der Waals surface area contributed by atoms with Crippen LogP contribution in [0.15, 0.2) is 84.0 Å². The van der Waals surface area contributed by atoms with Crippen molar-refractivity contribution in [2.45, 2.75) is 13.5 Å². The summed E-state index contributed by atoms with van der Waals surface area (Å²) in [6.45, 7) is 2.63. The lowest BCUT2D eigenvalue weighted by Gasteiger charge is -2.07. The SMILES string of the molecule is Cc1cccc(COc2ccc(/C=N\NC(=S)Nc3ccccc3)cc2)c1. The van der Waals surface area contributed by atoms with E-state index in [1.54, 1.807) is 6.21 Å². The maximum Gasteiger partial charge on any atom is 0.191 e. The van der Waals surface area contributed by atoms with E-state index < -0.39 is 0 Å². The van der Waals surface area contributed by atoms with Crippen LogP contribution in [0.2, 0.25) is 0 Å². The number of benzene rings is 3. The number of para-hydroxylation sites is 1. The Morgan fingerprint density at radius 2 is 1.78 bits per heavy atom. The molecular formula is C22H21N3OS. The predicted molar refractivity (Wildman–Crippen MR) is 115 cm³/mol. The van der Waals surface area contributed by atoms with Gasteiger partial charge in [-0.05, 0) is 66.7 Å². The van der Waals surface area contributed by atoms with Gasteiger partial charge in [0.2, 0.25) is 0 Å².